The normalized spacial score (nSPS) is 22.9. The number of hydrogen-bond donors (Lipinski definition) is 1. The van der Waals surface area contributed by atoms with Crippen LogP contribution < -0.4 is 5.73 Å². The molecule has 1 fully saturated rings. The molecule has 0 bridgehead atoms. The van der Waals surface area contributed by atoms with Crippen molar-refractivity contribution in [2.75, 3.05) is 0 Å². The summed E-state index contributed by atoms with van der Waals surface area (Å²) in [6, 6.07) is 1.73. The molecule has 0 aliphatic heterocycles. The Labute approximate surface area is 81.1 Å². The van der Waals surface area contributed by atoms with Crippen molar-refractivity contribution in [1.82, 2.24) is 4.98 Å². The van der Waals surface area contributed by atoms with Crippen LogP contribution in [-0.4, -0.2) is 10.9 Å². The molecule has 0 atom stereocenters. The number of halogens is 2. The summed E-state index contributed by atoms with van der Waals surface area (Å²) in [5, 5.41) is 0. The zero-order valence-electron chi connectivity index (χ0n) is 7.93. The minimum absolute atomic E-state index is 0.259. The first-order valence-electron chi connectivity index (χ1n) is 4.51. The fraction of sp³-hybridized carbons (Fsp3) is 0.500. The lowest BCUT2D eigenvalue weighted by Crippen LogP contribution is -2.55. The molecular formula is C10H12F2N2. The van der Waals surface area contributed by atoms with Crippen molar-refractivity contribution < 1.29 is 8.78 Å². The monoisotopic (exact) mass is 198 g/mol. The molecule has 14 heavy (non-hydrogen) atoms. The van der Waals surface area contributed by atoms with Gasteiger partial charge in [0.25, 0.3) is 5.92 Å². The van der Waals surface area contributed by atoms with Crippen molar-refractivity contribution in [2.24, 2.45) is 5.73 Å². The molecule has 0 saturated heterocycles. The SMILES string of the molecule is Cc1cnccc1C1(N)CC(F)(F)C1. The Hall–Kier alpha value is -1.03. The highest BCUT2D eigenvalue weighted by Crippen LogP contribution is 2.50. The average Bonchev–Trinajstić information content (AvgIpc) is 2.00. The van der Waals surface area contributed by atoms with E-state index in [0.29, 0.717) is 0 Å². The van der Waals surface area contributed by atoms with Crippen molar-refractivity contribution >= 4 is 0 Å². The van der Waals surface area contributed by atoms with E-state index in [4.69, 9.17) is 5.73 Å². The Morgan fingerprint density at radius 3 is 2.57 bits per heavy atom. The van der Waals surface area contributed by atoms with Crippen LogP contribution in [0.4, 0.5) is 8.78 Å². The summed E-state index contributed by atoms with van der Waals surface area (Å²) < 4.78 is 25.5. The molecule has 0 aromatic carbocycles. The van der Waals surface area contributed by atoms with E-state index in [1.807, 2.05) is 6.92 Å². The Bertz CT molecular complexity index is 355. The number of aromatic nitrogens is 1. The zero-order valence-corrected chi connectivity index (χ0v) is 7.93. The molecule has 76 valence electrons. The van der Waals surface area contributed by atoms with Gasteiger partial charge in [0.1, 0.15) is 0 Å². The third-order valence-corrected chi connectivity index (χ3v) is 2.70. The molecule has 1 heterocycles. The van der Waals surface area contributed by atoms with Gasteiger partial charge in [-0.25, -0.2) is 8.78 Å². The van der Waals surface area contributed by atoms with Crippen LogP contribution in [0.15, 0.2) is 18.5 Å². The predicted octanol–water partition coefficient (Wildman–Crippen LogP) is 1.97. The molecule has 4 heteroatoms. The number of pyridine rings is 1. The predicted molar refractivity (Wildman–Crippen MR) is 49.0 cm³/mol. The Morgan fingerprint density at radius 1 is 1.43 bits per heavy atom. The fourth-order valence-electron chi connectivity index (χ4n) is 2.09. The molecular weight excluding hydrogens is 186 g/mol. The maximum Gasteiger partial charge on any atom is 0.252 e. The molecule has 0 amide bonds. The van der Waals surface area contributed by atoms with Gasteiger partial charge in [0, 0.05) is 25.2 Å². The molecule has 1 aliphatic rings. The van der Waals surface area contributed by atoms with E-state index >= 15 is 0 Å². The van der Waals surface area contributed by atoms with Gasteiger partial charge in [-0.1, -0.05) is 0 Å². The zero-order chi connectivity index (χ0) is 10.4. The summed E-state index contributed by atoms with van der Waals surface area (Å²) >= 11 is 0. The van der Waals surface area contributed by atoms with Crippen molar-refractivity contribution in [1.29, 1.82) is 0 Å². The van der Waals surface area contributed by atoms with Gasteiger partial charge in [-0.05, 0) is 24.1 Å². The molecule has 1 aromatic heterocycles. The second kappa shape index (κ2) is 2.73. The maximum absolute atomic E-state index is 12.8. The van der Waals surface area contributed by atoms with Crippen LogP contribution in [-0.2, 0) is 5.54 Å². The number of nitrogens with zero attached hydrogens (tertiary/aromatic N) is 1. The molecule has 0 unspecified atom stereocenters. The quantitative estimate of drug-likeness (QED) is 0.749. The van der Waals surface area contributed by atoms with E-state index in [1.54, 1.807) is 18.5 Å². The molecule has 1 aromatic rings. The molecule has 0 radical (unpaired) electrons. The van der Waals surface area contributed by atoms with E-state index in [9.17, 15) is 8.78 Å². The van der Waals surface area contributed by atoms with Crippen molar-refractivity contribution in [3.05, 3.63) is 29.6 Å². The number of nitrogens with two attached hydrogens (primary N) is 1. The van der Waals surface area contributed by atoms with Crippen LogP contribution in [0, 0.1) is 6.92 Å². The summed E-state index contributed by atoms with van der Waals surface area (Å²) in [6.07, 6.45) is 2.73. The highest BCUT2D eigenvalue weighted by atomic mass is 19.3. The first kappa shape index (κ1) is 9.52. The van der Waals surface area contributed by atoms with Crippen LogP contribution in [0.3, 0.4) is 0 Å². The molecule has 2 rings (SSSR count). The molecule has 1 saturated carbocycles. The number of rotatable bonds is 1. The first-order chi connectivity index (χ1) is 6.43. The molecule has 2 N–H and O–H groups in total. The van der Waals surface area contributed by atoms with E-state index in [2.05, 4.69) is 4.98 Å². The van der Waals surface area contributed by atoms with Gasteiger partial charge in [0.15, 0.2) is 0 Å². The fourth-order valence-corrected chi connectivity index (χ4v) is 2.09. The topological polar surface area (TPSA) is 38.9 Å². The third-order valence-electron chi connectivity index (χ3n) is 2.70. The molecule has 1 aliphatic carbocycles. The van der Waals surface area contributed by atoms with Crippen LogP contribution in [0.25, 0.3) is 0 Å². The lowest BCUT2D eigenvalue weighted by molar-refractivity contribution is -0.125. The van der Waals surface area contributed by atoms with E-state index < -0.39 is 11.5 Å². The second-order valence-electron chi connectivity index (χ2n) is 4.06. The summed E-state index contributed by atoms with van der Waals surface area (Å²) in [5.74, 6) is -2.59. The highest BCUT2D eigenvalue weighted by molar-refractivity contribution is 5.33. The van der Waals surface area contributed by atoms with Crippen molar-refractivity contribution in [3.8, 4) is 0 Å². The van der Waals surface area contributed by atoms with Gasteiger partial charge >= 0.3 is 0 Å². The maximum atomic E-state index is 12.8. The van der Waals surface area contributed by atoms with Gasteiger partial charge in [0.2, 0.25) is 0 Å². The van der Waals surface area contributed by atoms with E-state index in [1.165, 1.54) is 0 Å². The van der Waals surface area contributed by atoms with Crippen molar-refractivity contribution in [2.45, 2.75) is 31.2 Å². The van der Waals surface area contributed by atoms with Gasteiger partial charge in [0.05, 0.1) is 5.54 Å². The lowest BCUT2D eigenvalue weighted by atomic mass is 9.69. The van der Waals surface area contributed by atoms with E-state index in [0.717, 1.165) is 11.1 Å². The largest absolute Gasteiger partial charge is 0.321 e. The van der Waals surface area contributed by atoms with Gasteiger partial charge in [-0.15, -0.1) is 0 Å². The Morgan fingerprint density at radius 2 is 2.07 bits per heavy atom. The summed E-state index contributed by atoms with van der Waals surface area (Å²) in [6.45, 7) is 1.84. The number of hydrogen-bond acceptors (Lipinski definition) is 2. The standard InChI is InChI=1S/C10H12F2N2/c1-7-4-14-3-2-8(7)9(13)5-10(11,12)6-9/h2-4H,5-6,13H2,1H3. The van der Waals surface area contributed by atoms with Crippen LogP contribution in [0.5, 0.6) is 0 Å². The second-order valence-corrected chi connectivity index (χ2v) is 4.06. The minimum atomic E-state index is -2.59. The highest BCUT2D eigenvalue weighted by Gasteiger charge is 2.55. The first-order valence-corrected chi connectivity index (χ1v) is 4.51. The summed E-state index contributed by atoms with van der Waals surface area (Å²) in [7, 11) is 0. The van der Waals surface area contributed by atoms with E-state index in [-0.39, 0.29) is 12.8 Å². The third kappa shape index (κ3) is 1.39. The van der Waals surface area contributed by atoms with Crippen LogP contribution >= 0.6 is 0 Å². The van der Waals surface area contributed by atoms with Gasteiger partial charge in [-0.2, -0.15) is 0 Å². The molecule has 2 nitrogen and oxygen atoms in total. The summed E-state index contributed by atoms with van der Waals surface area (Å²) in [4.78, 5) is 3.91. The lowest BCUT2D eigenvalue weighted by Gasteiger charge is -2.45. The van der Waals surface area contributed by atoms with Crippen LogP contribution in [0.2, 0.25) is 0 Å². The average molecular weight is 198 g/mol. The Kier molecular flexibility index (Phi) is 1.86. The smallest absolute Gasteiger partial charge is 0.252 e. The number of aryl methyl sites for hydroxylation is 1. The van der Waals surface area contributed by atoms with Crippen LogP contribution in [0.1, 0.15) is 24.0 Å². The van der Waals surface area contributed by atoms with Crippen molar-refractivity contribution in [3.63, 3.8) is 0 Å². The summed E-state index contributed by atoms with van der Waals surface area (Å²) in [5.41, 5.74) is 6.71. The number of alkyl halides is 2. The Balaban J connectivity index is 2.30. The molecule has 0 spiro atoms. The van der Waals surface area contributed by atoms with Gasteiger partial charge < -0.3 is 5.73 Å². The minimum Gasteiger partial charge on any atom is -0.321 e. The van der Waals surface area contributed by atoms with Gasteiger partial charge in [-0.3, -0.25) is 4.98 Å².